The van der Waals surface area contributed by atoms with E-state index >= 15 is 0 Å². The number of fused-ring (bicyclic) bond motifs is 1. The molecule has 7 heteroatoms. The van der Waals surface area contributed by atoms with Gasteiger partial charge in [0.1, 0.15) is 11.4 Å². The molecule has 1 aromatic carbocycles. The molecule has 33 heavy (non-hydrogen) atoms. The molecule has 0 saturated carbocycles. The first-order valence-electron chi connectivity index (χ1n) is 11.7. The topological polar surface area (TPSA) is 70.0 Å². The molecule has 1 heterocycles. The van der Waals surface area contributed by atoms with E-state index in [0.29, 0.717) is 47.8 Å². The lowest BCUT2D eigenvalue weighted by atomic mass is 9.96. The normalized spacial score (nSPS) is 12.0. The molecule has 184 valence electrons. The van der Waals surface area contributed by atoms with Gasteiger partial charge >= 0.3 is 6.09 Å². The molecule has 0 spiro atoms. The average molecular weight is 461 g/mol. The largest absolute Gasteiger partial charge is 0.494 e. The smallest absolute Gasteiger partial charge is 0.415 e. The van der Waals surface area contributed by atoms with Gasteiger partial charge < -0.3 is 14.2 Å². The number of anilines is 1. The van der Waals surface area contributed by atoms with Gasteiger partial charge in [0.05, 0.1) is 18.6 Å². The Morgan fingerprint density at radius 2 is 1.70 bits per heavy atom. The zero-order valence-electron chi connectivity index (χ0n) is 21.7. The second-order valence-corrected chi connectivity index (χ2v) is 10.5. The summed E-state index contributed by atoms with van der Waals surface area (Å²) in [6, 6.07) is 5.41. The summed E-state index contributed by atoms with van der Waals surface area (Å²) in [5.74, 6) is 1.52. The summed E-state index contributed by atoms with van der Waals surface area (Å²) in [6.07, 6.45) is 1.27. The molecule has 2 aromatic rings. The molecule has 0 saturated heterocycles. The van der Waals surface area contributed by atoms with Crippen LogP contribution in [0.15, 0.2) is 23.0 Å². The van der Waals surface area contributed by atoms with Crippen LogP contribution in [-0.2, 0) is 11.3 Å². The number of rotatable bonds is 8. The fourth-order valence-electron chi connectivity index (χ4n) is 3.47. The van der Waals surface area contributed by atoms with Gasteiger partial charge in [-0.2, -0.15) is 0 Å². The molecule has 7 nitrogen and oxygen atoms in total. The van der Waals surface area contributed by atoms with Crippen molar-refractivity contribution in [3.63, 3.8) is 0 Å². The van der Waals surface area contributed by atoms with E-state index < -0.39 is 11.7 Å². The third-order valence-corrected chi connectivity index (χ3v) is 4.84. The Bertz CT molecular complexity index is 1030. The number of hydrogen-bond acceptors (Lipinski definition) is 5. The van der Waals surface area contributed by atoms with Gasteiger partial charge in [-0.05, 0) is 57.7 Å². The van der Waals surface area contributed by atoms with Gasteiger partial charge in [0, 0.05) is 19.0 Å². The van der Waals surface area contributed by atoms with E-state index in [1.54, 1.807) is 17.7 Å². The van der Waals surface area contributed by atoms with Crippen LogP contribution in [0.3, 0.4) is 0 Å². The summed E-state index contributed by atoms with van der Waals surface area (Å²) in [5, 5.41) is 1.15. The van der Waals surface area contributed by atoms with Crippen LogP contribution in [0.4, 0.5) is 10.6 Å². The molecule has 1 amide bonds. The van der Waals surface area contributed by atoms with Crippen LogP contribution < -0.4 is 19.9 Å². The van der Waals surface area contributed by atoms with Gasteiger partial charge in [-0.15, -0.1) is 0 Å². The number of carbonyl (C=O) groups is 1. The van der Waals surface area contributed by atoms with Crippen molar-refractivity contribution in [3.05, 3.63) is 28.6 Å². The maximum atomic E-state index is 13.8. The maximum absolute atomic E-state index is 13.8. The Morgan fingerprint density at radius 3 is 2.24 bits per heavy atom. The van der Waals surface area contributed by atoms with Crippen LogP contribution in [0.25, 0.3) is 10.8 Å². The molecular weight excluding hydrogens is 420 g/mol. The Kier molecular flexibility index (Phi) is 8.44. The lowest BCUT2D eigenvalue weighted by Gasteiger charge is -2.30. The number of pyridine rings is 1. The maximum Gasteiger partial charge on any atom is 0.415 e. The average Bonchev–Trinajstić information content (AvgIpc) is 2.69. The second kappa shape index (κ2) is 10.5. The van der Waals surface area contributed by atoms with Crippen LogP contribution >= 0.6 is 0 Å². The van der Waals surface area contributed by atoms with Gasteiger partial charge in [0.25, 0.3) is 5.56 Å². The molecule has 0 aliphatic carbocycles. The number of ether oxygens (including phenoxy) is 3. The highest BCUT2D eigenvalue weighted by Crippen LogP contribution is 2.37. The zero-order valence-corrected chi connectivity index (χ0v) is 21.7. The van der Waals surface area contributed by atoms with Gasteiger partial charge in [-0.25, -0.2) is 4.79 Å². The number of amides is 1. The highest BCUT2D eigenvalue weighted by atomic mass is 16.6. The van der Waals surface area contributed by atoms with E-state index in [1.165, 1.54) is 4.90 Å². The summed E-state index contributed by atoms with van der Waals surface area (Å²) < 4.78 is 19.1. The molecule has 0 atom stereocenters. The minimum absolute atomic E-state index is 0.199. The Labute approximate surface area is 197 Å². The zero-order chi connectivity index (χ0) is 25.0. The molecule has 0 aliphatic rings. The van der Waals surface area contributed by atoms with E-state index in [1.807, 2.05) is 39.8 Å². The molecule has 0 N–H and O–H groups in total. The molecule has 0 fully saturated rings. The summed E-state index contributed by atoms with van der Waals surface area (Å²) >= 11 is 0. The van der Waals surface area contributed by atoms with Gasteiger partial charge in [-0.3, -0.25) is 14.3 Å². The highest BCUT2D eigenvalue weighted by Gasteiger charge is 2.29. The van der Waals surface area contributed by atoms with Crippen molar-refractivity contribution in [1.82, 2.24) is 4.57 Å². The minimum Gasteiger partial charge on any atom is -0.494 e. The molecule has 0 radical (unpaired) electrons. The predicted molar refractivity (Wildman–Crippen MR) is 134 cm³/mol. The number of nitrogens with zero attached hydrogens (tertiary/aromatic N) is 2. The summed E-state index contributed by atoms with van der Waals surface area (Å²) in [5.41, 5.74) is -1.10. The predicted octanol–water partition coefficient (Wildman–Crippen LogP) is 6.00. The summed E-state index contributed by atoms with van der Waals surface area (Å²) in [7, 11) is 1.62. The van der Waals surface area contributed by atoms with E-state index in [4.69, 9.17) is 14.2 Å². The highest BCUT2D eigenvalue weighted by molar-refractivity contribution is 5.97. The van der Waals surface area contributed by atoms with Crippen LogP contribution in [0.1, 0.15) is 68.2 Å². The van der Waals surface area contributed by atoms with Crippen molar-refractivity contribution in [2.24, 2.45) is 5.41 Å². The minimum atomic E-state index is -0.674. The number of carbonyl (C=O) groups excluding carboxylic acids is 1. The number of aromatic nitrogens is 1. The van der Waals surface area contributed by atoms with Crippen LogP contribution in [0.2, 0.25) is 0 Å². The molecule has 0 bridgehead atoms. The first-order chi connectivity index (χ1) is 15.3. The lowest BCUT2D eigenvalue weighted by molar-refractivity contribution is 0.0585. The third-order valence-electron chi connectivity index (χ3n) is 4.84. The summed E-state index contributed by atoms with van der Waals surface area (Å²) in [4.78, 5) is 28.2. The molecule has 0 unspecified atom stereocenters. The fraction of sp³-hybridized carbons (Fsp3) is 0.615. The van der Waals surface area contributed by atoms with Crippen molar-refractivity contribution in [2.45, 2.75) is 80.4 Å². The van der Waals surface area contributed by atoms with E-state index in [2.05, 4.69) is 27.7 Å². The van der Waals surface area contributed by atoms with Gasteiger partial charge in [0.2, 0.25) is 0 Å². The number of hydrogen-bond donors (Lipinski definition) is 0. The molecular formula is C26H40N2O5. The van der Waals surface area contributed by atoms with E-state index in [-0.39, 0.29) is 11.0 Å². The third kappa shape index (κ3) is 6.89. The number of benzene rings is 1. The van der Waals surface area contributed by atoms with E-state index in [0.717, 1.165) is 12.8 Å². The van der Waals surface area contributed by atoms with E-state index in [9.17, 15) is 9.59 Å². The quantitative estimate of drug-likeness (QED) is 0.452. The van der Waals surface area contributed by atoms with Crippen LogP contribution in [0.5, 0.6) is 11.5 Å². The molecule has 0 aliphatic heterocycles. The van der Waals surface area contributed by atoms with Crippen molar-refractivity contribution in [2.75, 3.05) is 25.2 Å². The first-order valence-corrected chi connectivity index (χ1v) is 11.7. The Balaban J connectivity index is 2.85. The van der Waals surface area contributed by atoms with Crippen LogP contribution in [0, 0.1) is 5.41 Å². The van der Waals surface area contributed by atoms with Gasteiger partial charge in [-0.1, -0.05) is 34.1 Å². The van der Waals surface area contributed by atoms with Crippen molar-refractivity contribution in [3.8, 4) is 11.5 Å². The summed E-state index contributed by atoms with van der Waals surface area (Å²) in [6.45, 7) is 17.0. The van der Waals surface area contributed by atoms with Crippen LogP contribution in [-0.4, -0.2) is 36.5 Å². The monoisotopic (exact) mass is 460 g/mol. The van der Waals surface area contributed by atoms with Crippen molar-refractivity contribution >= 4 is 22.7 Å². The second-order valence-electron chi connectivity index (χ2n) is 10.5. The standard InChI is InChI=1S/C26H40N2O5/c1-10-12-15-32-21-19-14-13-18(31-11-2)16-20(19)23(29)28(17-25(3,4)5)22(21)27(9)24(30)33-26(6,7)8/h13-14,16H,10-12,15,17H2,1-9H3. The SMILES string of the molecule is CCCCOc1c(N(C)C(=O)OC(C)(C)C)n(CC(C)(C)C)c(=O)c2cc(OCC)ccc12. The number of unbranched alkanes of at least 4 members (excludes halogenated alkanes) is 1. The lowest BCUT2D eigenvalue weighted by Crippen LogP contribution is -2.39. The molecule has 2 rings (SSSR count). The molecule has 1 aromatic heterocycles. The van der Waals surface area contributed by atoms with Crippen molar-refractivity contribution in [1.29, 1.82) is 0 Å². The first kappa shape index (κ1) is 26.6. The van der Waals surface area contributed by atoms with Crippen molar-refractivity contribution < 1.29 is 19.0 Å². The van der Waals surface area contributed by atoms with Gasteiger partial charge in [0.15, 0.2) is 11.6 Å². The fourth-order valence-corrected chi connectivity index (χ4v) is 3.47. The Morgan fingerprint density at radius 1 is 1.03 bits per heavy atom. The Hall–Kier alpha value is -2.70.